The third kappa shape index (κ3) is 1.37. The number of carboxylic acids is 1. The van der Waals surface area contributed by atoms with Crippen molar-refractivity contribution in [1.82, 2.24) is 0 Å². The second kappa shape index (κ2) is 3.17. The van der Waals surface area contributed by atoms with Crippen molar-refractivity contribution in [2.75, 3.05) is 0 Å². The van der Waals surface area contributed by atoms with Gasteiger partial charge in [-0.3, -0.25) is 9.59 Å². The third-order valence-corrected chi connectivity index (χ3v) is 2.15. The number of hydrogen-bond donors (Lipinski definition) is 1. The number of hydrogen-bond acceptors (Lipinski definition) is 4. The normalized spacial score (nSPS) is 26.1. The summed E-state index contributed by atoms with van der Waals surface area (Å²) in [4.78, 5) is 21.7. The maximum Gasteiger partial charge on any atom is 0.311 e. The number of cyclic esters (lactones) is 1. The molecule has 2 atom stereocenters. The van der Waals surface area contributed by atoms with Gasteiger partial charge in [-0.15, -0.1) is 0 Å². The Labute approximate surface area is 79.3 Å². The molecule has 0 spiro atoms. The van der Waals surface area contributed by atoms with Crippen LogP contribution < -0.4 is 0 Å². The van der Waals surface area contributed by atoms with Crippen LogP contribution in [0, 0.1) is 5.92 Å². The lowest BCUT2D eigenvalue weighted by Gasteiger charge is -2.10. The summed E-state index contributed by atoms with van der Waals surface area (Å²) in [5, 5.41) is 8.83. The monoisotopic (exact) mass is 196 g/mol. The first-order chi connectivity index (χ1) is 6.68. The molecule has 0 saturated carbocycles. The minimum Gasteiger partial charge on any atom is -0.481 e. The van der Waals surface area contributed by atoms with Crippen molar-refractivity contribution in [3.8, 4) is 0 Å². The second-order valence-corrected chi connectivity index (χ2v) is 3.07. The minimum absolute atomic E-state index is 0.0965. The Morgan fingerprint density at radius 2 is 2.36 bits per heavy atom. The predicted molar refractivity (Wildman–Crippen MR) is 43.3 cm³/mol. The zero-order chi connectivity index (χ0) is 10.1. The summed E-state index contributed by atoms with van der Waals surface area (Å²) in [7, 11) is 0. The molecule has 74 valence electrons. The van der Waals surface area contributed by atoms with E-state index in [0.29, 0.717) is 5.76 Å². The van der Waals surface area contributed by atoms with Gasteiger partial charge < -0.3 is 14.3 Å². The van der Waals surface area contributed by atoms with E-state index in [2.05, 4.69) is 0 Å². The molecule has 1 aromatic heterocycles. The largest absolute Gasteiger partial charge is 0.481 e. The molecule has 0 radical (unpaired) electrons. The van der Waals surface area contributed by atoms with E-state index >= 15 is 0 Å². The lowest BCUT2D eigenvalue weighted by molar-refractivity contribution is -0.145. The first kappa shape index (κ1) is 8.80. The van der Waals surface area contributed by atoms with Crippen LogP contribution in [0.25, 0.3) is 0 Å². The highest BCUT2D eigenvalue weighted by Crippen LogP contribution is 2.35. The molecule has 14 heavy (non-hydrogen) atoms. The molecule has 2 rings (SSSR count). The van der Waals surface area contributed by atoms with Crippen LogP contribution in [0.4, 0.5) is 0 Å². The smallest absolute Gasteiger partial charge is 0.311 e. The number of rotatable bonds is 2. The van der Waals surface area contributed by atoms with E-state index in [9.17, 15) is 9.59 Å². The quantitative estimate of drug-likeness (QED) is 0.713. The molecule has 1 aliphatic heterocycles. The van der Waals surface area contributed by atoms with Gasteiger partial charge in [0.25, 0.3) is 0 Å². The topological polar surface area (TPSA) is 76.7 Å². The summed E-state index contributed by atoms with van der Waals surface area (Å²) in [5.74, 6) is -2.01. The number of esters is 1. The molecule has 1 fully saturated rings. The van der Waals surface area contributed by atoms with Gasteiger partial charge in [-0.2, -0.15) is 0 Å². The average molecular weight is 196 g/mol. The summed E-state index contributed by atoms with van der Waals surface area (Å²) in [6.45, 7) is 0. The Balaban J connectivity index is 2.26. The standard InChI is InChI=1S/C9H8O5/c10-7-4-5(9(11)12)8(14-7)6-2-1-3-13-6/h1-3,5,8H,4H2,(H,11,12)/t5-,8+/m1/s1. The Morgan fingerprint density at radius 1 is 1.57 bits per heavy atom. The summed E-state index contributed by atoms with van der Waals surface area (Å²) in [6, 6.07) is 3.22. The van der Waals surface area contributed by atoms with Gasteiger partial charge in [0.1, 0.15) is 11.7 Å². The molecular weight excluding hydrogens is 188 g/mol. The third-order valence-electron chi connectivity index (χ3n) is 2.15. The van der Waals surface area contributed by atoms with Gasteiger partial charge in [0.2, 0.25) is 0 Å². The Morgan fingerprint density at radius 3 is 2.93 bits per heavy atom. The first-order valence-corrected chi connectivity index (χ1v) is 4.14. The highest BCUT2D eigenvalue weighted by molar-refractivity contribution is 5.82. The van der Waals surface area contributed by atoms with E-state index in [1.165, 1.54) is 6.26 Å². The van der Waals surface area contributed by atoms with Crippen molar-refractivity contribution in [3.05, 3.63) is 24.2 Å². The summed E-state index contributed by atoms with van der Waals surface area (Å²) < 4.78 is 9.87. The van der Waals surface area contributed by atoms with Gasteiger partial charge in [-0.05, 0) is 12.1 Å². The van der Waals surface area contributed by atoms with Crippen LogP contribution in [0.5, 0.6) is 0 Å². The highest BCUT2D eigenvalue weighted by Gasteiger charge is 2.42. The summed E-state index contributed by atoms with van der Waals surface area (Å²) >= 11 is 0. The number of aliphatic carboxylic acids is 1. The minimum atomic E-state index is -1.04. The Bertz CT molecular complexity index is 353. The van der Waals surface area contributed by atoms with Crippen LogP contribution in [0.15, 0.2) is 22.8 Å². The van der Waals surface area contributed by atoms with Crippen LogP contribution in [0.2, 0.25) is 0 Å². The molecule has 1 aromatic rings. The molecule has 0 aliphatic carbocycles. The maximum atomic E-state index is 10.9. The van der Waals surface area contributed by atoms with Gasteiger partial charge >= 0.3 is 11.9 Å². The molecule has 0 amide bonds. The summed E-state index contributed by atoms with van der Waals surface area (Å²) in [5.41, 5.74) is 0. The van der Waals surface area contributed by atoms with E-state index in [1.807, 2.05) is 0 Å². The SMILES string of the molecule is O=C1C[C@@H](C(=O)O)[C@@H](c2ccco2)O1. The van der Waals surface area contributed by atoms with Gasteiger partial charge in [0.05, 0.1) is 12.7 Å². The number of ether oxygens (including phenoxy) is 1. The van der Waals surface area contributed by atoms with Crippen molar-refractivity contribution >= 4 is 11.9 Å². The van der Waals surface area contributed by atoms with Crippen molar-refractivity contribution < 1.29 is 23.8 Å². The van der Waals surface area contributed by atoms with E-state index < -0.39 is 24.0 Å². The summed E-state index contributed by atoms with van der Waals surface area (Å²) in [6.07, 6.45) is 0.538. The number of carboxylic acid groups (broad SMARTS) is 1. The van der Waals surface area contributed by atoms with Gasteiger partial charge in [-0.1, -0.05) is 0 Å². The highest BCUT2D eigenvalue weighted by atomic mass is 16.6. The Hall–Kier alpha value is -1.78. The first-order valence-electron chi connectivity index (χ1n) is 4.14. The average Bonchev–Trinajstić information content (AvgIpc) is 2.70. The van der Waals surface area contributed by atoms with Crippen LogP contribution in [-0.2, 0) is 14.3 Å². The molecule has 1 N–H and O–H groups in total. The lowest BCUT2D eigenvalue weighted by Crippen LogP contribution is -2.16. The van der Waals surface area contributed by atoms with Crippen molar-refractivity contribution in [2.45, 2.75) is 12.5 Å². The number of carbonyl (C=O) groups excluding carboxylic acids is 1. The van der Waals surface area contributed by atoms with Crippen LogP contribution in [0.1, 0.15) is 18.3 Å². The molecule has 1 saturated heterocycles. The van der Waals surface area contributed by atoms with Crippen molar-refractivity contribution in [3.63, 3.8) is 0 Å². The molecule has 1 aliphatic rings. The lowest BCUT2D eigenvalue weighted by atomic mass is 10.00. The zero-order valence-electron chi connectivity index (χ0n) is 7.17. The molecule has 0 unspecified atom stereocenters. The second-order valence-electron chi connectivity index (χ2n) is 3.07. The van der Waals surface area contributed by atoms with Crippen LogP contribution in [-0.4, -0.2) is 17.0 Å². The van der Waals surface area contributed by atoms with Crippen LogP contribution >= 0.6 is 0 Å². The van der Waals surface area contributed by atoms with Gasteiger partial charge in [0.15, 0.2) is 6.10 Å². The van der Waals surface area contributed by atoms with E-state index in [-0.39, 0.29) is 6.42 Å². The van der Waals surface area contributed by atoms with Gasteiger partial charge in [0, 0.05) is 0 Å². The van der Waals surface area contributed by atoms with Gasteiger partial charge in [-0.25, -0.2) is 0 Å². The molecule has 0 aromatic carbocycles. The number of carbonyl (C=O) groups is 2. The fraction of sp³-hybridized carbons (Fsp3) is 0.333. The fourth-order valence-corrected chi connectivity index (χ4v) is 1.48. The van der Waals surface area contributed by atoms with Crippen molar-refractivity contribution in [2.24, 2.45) is 5.92 Å². The van der Waals surface area contributed by atoms with Crippen LogP contribution in [0.3, 0.4) is 0 Å². The predicted octanol–water partition coefficient (Wildman–Crippen LogP) is 0.968. The van der Waals surface area contributed by atoms with E-state index in [0.717, 1.165) is 0 Å². The van der Waals surface area contributed by atoms with E-state index in [1.54, 1.807) is 12.1 Å². The molecular formula is C9H8O5. The zero-order valence-corrected chi connectivity index (χ0v) is 7.17. The van der Waals surface area contributed by atoms with E-state index in [4.69, 9.17) is 14.3 Å². The number of furan rings is 1. The molecule has 2 heterocycles. The Kier molecular flexibility index (Phi) is 1.99. The maximum absolute atomic E-state index is 10.9. The molecule has 5 nitrogen and oxygen atoms in total. The van der Waals surface area contributed by atoms with Crippen molar-refractivity contribution in [1.29, 1.82) is 0 Å². The molecule has 0 bridgehead atoms. The molecule has 5 heteroatoms. The fourth-order valence-electron chi connectivity index (χ4n) is 1.48.